The van der Waals surface area contributed by atoms with Gasteiger partial charge in [0.05, 0.1) is 0 Å². The van der Waals surface area contributed by atoms with Gasteiger partial charge in [0.2, 0.25) is 0 Å². The molecule has 0 saturated carbocycles. The Balaban J connectivity index is 4.40. The van der Waals surface area contributed by atoms with Crippen LogP contribution in [0.15, 0.2) is 21.7 Å². The molecular weight excluding hydrogens is 176 g/mol. The van der Waals surface area contributed by atoms with Crippen molar-refractivity contribution < 1.29 is 0 Å². The summed E-state index contributed by atoms with van der Waals surface area (Å²) in [6, 6.07) is 0. The molecule has 0 aromatic carbocycles. The maximum Gasteiger partial charge on any atom is 0.0187 e. The minimum atomic E-state index is 1.23. The lowest BCUT2D eigenvalue weighted by atomic mass is 10.2. The summed E-state index contributed by atoms with van der Waals surface area (Å²) in [4.78, 5) is 0. The van der Waals surface area contributed by atoms with E-state index in [1.54, 1.807) is 0 Å². The Morgan fingerprint density at radius 2 is 1.67 bits per heavy atom. The lowest BCUT2D eigenvalue weighted by Gasteiger charge is -1.99. The first kappa shape index (κ1) is 8.96. The van der Waals surface area contributed by atoms with Crippen LogP contribution in [0.5, 0.6) is 0 Å². The molecule has 0 amide bonds. The van der Waals surface area contributed by atoms with E-state index in [-0.39, 0.29) is 0 Å². The van der Waals surface area contributed by atoms with Gasteiger partial charge in [-0.2, -0.15) is 0 Å². The Hall–Kier alpha value is -0.0400. The highest BCUT2D eigenvalue weighted by Crippen LogP contribution is 2.19. The van der Waals surface area contributed by atoms with E-state index in [1.807, 2.05) is 6.92 Å². The average Bonchev–Trinajstić information content (AvgIpc) is 1.84. The fourth-order valence-corrected chi connectivity index (χ4v) is 0.750. The molecule has 0 heterocycles. The summed E-state index contributed by atoms with van der Waals surface area (Å²) in [7, 11) is 0. The third-order valence-corrected chi connectivity index (χ3v) is 2.64. The highest BCUT2D eigenvalue weighted by atomic mass is 79.9. The van der Waals surface area contributed by atoms with E-state index >= 15 is 0 Å². The zero-order chi connectivity index (χ0) is 7.44. The zero-order valence-corrected chi connectivity index (χ0v) is 8.04. The Morgan fingerprint density at radius 3 is 1.78 bits per heavy atom. The van der Waals surface area contributed by atoms with Crippen molar-refractivity contribution >= 4 is 15.9 Å². The van der Waals surface area contributed by atoms with Gasteiger partial charge in [0.15, 0.2) is 0 Å². The van der Waals surface area contributed by atoms with Crippen LogP contribution in [0.3, 0.4) is 0 Å². The van der Waals surface area contributed by atoms with Crippen molar-refractivity contribution in [2.75, 3.05) is 0 Å². The first-order valence-electron chi connectivity index (χ1n) is 3.06. The van der Waals surface area contributed by atoms with Crippen LogP contribution in [0.2, 0.25) is 0 Å². The number of halogens is 1. The Kier molecular flexibility index (Phi) is 3.87. The molecule has 0 radical (unpaired) electrons. The highest BCUT2D eigenvalue weighted by molar-refractivity contribution is 9.12. The molecule has 0 rings (SSSR count). The largest absolute Gasteiger partial charge is 0.0836 e. The molecule has 0 saturated heterocycles. The minimum absolute atomic E-state index is 1.23. The van der Waals surface area contributed by atoms with Crippen LogP contribution in [0, 0.1) is 0 Å². The lowest BCUT2D eigenvalue weighted by Crippen LogP contribution is -1.76. The van der Waals surface area contributed by atoms with Crippen LogP contribution in [-0.4, -0.2) is 0 Å². The molecule has 0 aromatic rings. The second-order valence-corrected chi connectivity index (χ2v) is 3.08. The summed E-state index contributed by atoms with van der Waals surface area (Å²) < 4.78 is 1.23. The molecule has 0 fully saturated rings. The molecule has 0 nitrogen and oxygen atoms in total. The van der Waals surface area contributed by atoms with Crippen LogP contribution < -0.4 is 0 Å². The number of hydrogen-bond donors (Lipinski definition) is 0. The first-order chi connectivity index (χ1) is 4.09. The Bertz CT molecular complexity index is 148. The van der Waals surface area contributed by atoms with E-state index in [1.165, 1.54) is 15.6 Å². The van der Waals surface area contributed by atoms with Crippen molar-refractivity contribution in [3.8, 4) is 0 Å². The Labute approximate surface area is 65.8 Å². The molecular formula is C8H13Br. The SMILES string of the molecule is C/C=C(/C)C(Br)=C(C)C. The van der Waals surface area contributed by atoms with Gasteiger partial charge in [-0.1, -0.05) is 27.6 Å². The lowest BCUT2D eigenvalue weighted by molar-refractivity contribution is 1.33. The molecule has 0 bridgehead atoms. The van der Waals surface area contributed by atoms with Gasteiger partial charge in [-0.15, -0.1) is 0 Å². The molecule has 0 aliphatic carbocycles. The summed E-state index contributed by atoms with van der Waals surface area (Å²) in [6.07, 6.45) is 2.09. The predicted molar refractivity (Wildman–Crippen MR) is 46.7 cm³/mol. The fraction of sp³-hybridized carbons (Fsp3) is 0.500. The van der Waals surface area contributed by atoms with Crippen LogP contribution in [0.1, 0.15) is 27.7 Å². The molecule has 52 valence electrons. The number of rotatable bonds is 1. The van der Waals surface area contributed by atoms with Gasteiger partial charge in [-0.05, 0) is 33.3 Å². The molecule has 0 atom stereocenters. The smallest absolute Gasteiger partial charge is 0.0187 e. The predicted octanol–water partition coefficient (Wildman–Crippen LogP) is 3.64. The maximum atomic E-state index is 3.48. The molecule has 0 N–H and O–H groups in total. The van der Waals surface area contributed by atoms with E-state index in [4.69, 9.17) is 0 Å². The van der Waals surface area contributed by atoms with E-state index in [0.717, 1.165) is 0 Å². The third-order valence-electron chi connectivity index (χ3n) is 1.22. The fourth-order valence-electron chi connectivity index (χ4n) is 0.521. The zero-order valence-electron chi connectivity index (χ0n) is 6.46. The first-order valence-corrected chi connectivity index (χ1v) is 3.85. The molecule has 9 heavy (non-hydrogen) atoms. The molecule has 0 aliphatic heterocycles. The van der Waals surface area contributed by atoms with Crippen molar-refractivity contribution in [1.29, 1.82) is 0 Å². The molecule has 0 spiro atoms. The summed E-state index contributed by atoms with van der Waals surface area (Å²) >= 11 is 3.48. The van der Waals surface area contributed by atoms with Gasteiger partial charge >= 0.3 is 0 Å². The highest BCUT2D eigenvalue weighted by Gasteiger charge is 1.93. The van der Waals surface area contributed by atoms with E-state index in [0.29, 0.717) is 0 Å². The van der Waals surface area contributed by atoms with Crippen LogP contribution in [0.4, 0.5) is 0 Å². The average molecular weight is 189 g/mol. The molecule has 0 aromatic heterocycles. The standard InChI is InChI=1S/C8H13Br/c1-5-7(4)8(9)6(2)3/h5H,1-4H3/b7-5-. The van der Waals surface area contributed by atoms with Gasteiger partial charge in [-0.25, -0.2) is 0 Å². The van der Waals surface area contributed by atoms with Crippen LogP contribution in [-0.2, 0) is 0 Å². The quantitative estimate of drug-likeness (QED) is 0.552. The van der Waals surface area contributed by atoms with Crippen molar-refractivity contribution in [3.05, 3.63) is 21.7 Å². The van der Waals surface area contributed by atoms with Gasteiger partial charge in [0.25, 0.3) is 0 Å². The van der Waals surface area contributed by atoms with Gasteiger partial charge in [0.1, 0.15) is 0 Å². The summed E-state index contributed by atoms with van der Waals surface area (Å²) in [5.41, 5.74) is 2.63. The molecule has 0 unspecified atom stereocenters. The third kappa shape index (κ3) is 2.85. The summed E-state index contributed by atoms with van der Waals surface area (Å²) in [5, 5.41) is 0. The Morgan fingerprint density at radius 1 is 1.22 bits per heavy atom. The molecule has 0 aliphatic rings. The number of hydrogen-bond acceptors (Lipinski definition) is 0. The second-order valence-electron chi connectivity index (χ2n) is 2.29. The summed E-state index contributed by atoms with van der Waals surface area (Å²) in [5.74, 6) is 0. The normalized spacial score (nSPS) is 11.4. The summed E-state index contributed by atoms with van der Waals surface area (Å²) in [6.45, 7) is 8.32. The van der Waals surface area contributed by atoms with Crippen LogP contribution in [0.25, 0.3) is 0 Å². The van der Waals surface area contributed by atoms with Gasteiger partial charge < -0.3 is 0 Å². The van der Waals surface area contributed by atoms with Crippen LogP contribution >= 0.6 is 15.9 Å². The van der Waals surface area contributed by atoms with Gasteiger partial charge in [-0.3, -0.25) is 0 Å². The molecule has 1 heteroatoms. The second kappa shape index (κ2) is 3.89. The van der Waals surface area contributed by atoms with Crippen molar-refractivity contribution in [2.24, 2.45) is 0 Å². The van der Waals surface area contributed by atoms with Gasteiger partial charge in [0, 0.05) is 4.48 Å². The van der Waals surface area contributed by atoms with E-state index in [2.05, 4.69) is 42.8 Å². The topological polar surface area (TPSA) is 0 Å². The van der Waals surface area contributed by atoms with E-state index in [9.17, 15) is 0 Å². The van der Waals surface area contributed by atoms with Crippen molar-refractivity contribution in [2.45, 2.75) is 27.7 Å². The number of allylic oxidation sites excluding steroid dienone is 4. The van der Waals surface area contributed by atoms with Crippen molar-refractivity contribution in [3.63, 3.8) is 0 Å². The van der Waals surface area contributed by atoms with Crippen molar-refractivity contribution in [1.82, 2.24) is 0 Å². The minimum Gasteiger partial charge on any atom is -0.0836 e. The monoisotopic (exact) mass is 188 g/mol. The maximum absolute atomic E-state index is 3.48. The van der Waals surface area contributed by atoms with E-state index < -0.39 is 0 Å².